The third-order valence-corrected chi connectivity index (χ3v) is 2.79. The summed E-state index contributed by atoms with van der Waals surface area (Å²) in [5.74, 6) is -0.160. The molecule has 0 radical (unpaired) electrons. The molecule has 2 N–H and O–H groups in total. The third-order valence-electron chi connectivity index (χ3n) is 2.79. The second-order valence-electron chi connectivity index (χ2n) is 3.94. The van der Waals surface area contributed by atoms with E-state index in [4.69, 9.17) is 5.73 Å². The Labute approximate surface area is 89.1 Å². The van der Waals surface area contributed by atoms with Gasteiger partial charge in [0.25, 0.3) is 0 Å². The first-order valence-corrected chi connectivity index (χ1v) is 5.17. The molecule has 0 saturated carbocycles. The number of nitrogens with zero attached hydrogens (tertiary/aromatic N) is 2. The Kier molecular flexibility index (Phi) is 2.97. The van der Waals surface area contributed by atoms with E-state index in [2.05, 4.69) is 9.88 Å². The summed E-state index contributed by atoms with van der Waals surface area (Å²) in [5.41, 5.74) is 6.32. The zero-order valence-electron chi connectivity index (χ0n) is 8.60. The van der Waals surface area contributed by atoms with Crippen LogP contribution >= 0.6 is 0 Å². The van der Waals surface area contributed by atoms with Crippen molar-refractivity contribution in [1.82, 2.24) is 9.88 Å². The number of amides is 1. The molecule has 1 atom stereocenters. The van der Waals surface area contributed by atoms with E-state index < -0.39 is 0 Å². The van der Waals surface area contributed by atoms with Crippen LogP contribution in [0.5, 0.6) is 0 Å². The zero-order valence-corrected chi connectivity index (χ0v) is 8.60. The number of likely N-dealkylation sites (tertiary alicyclic amines) is 1. The molecule has 1 aliphatic rings. The molecule has 0 aromatic carbocycles. The van der Waals surface area contributed by atoms with Crippen molar-refractivity contribution in [3.05, 3.63) is 30.1 Å². The Morgan fingerprint density at radius 1 is 1.60 bits per heavy atom. The van der Waals surface area contributed by atoms with Gasteiger partial charge < -0.3 is 5.73 Å². The molecular formula is C11H15N3O. The van der Waals surface area contributed by atoms with Crippen molar-refractivity contribution in [3.63, 3.8) is 0 Å². The number of nitrogens with two attached hydrogens (primary N) is 1. The first-order valence-electron chi connectivity index (χ1n) is 5.17. The van der Waals surface area contributed by atoms with Gasteiger partial charge in [0.15, 0.2) is 0 Å². The van der Waals surface area contributed by atoms with E-state index >= 15 is 0 Å². The van der Waals surface area contributed by atoms with Gasteiger partial charge in [-0.05, 0) is 25.1 Å². The van der Waals surface area contributed by atoms with Crippen LogP contribution < -0.4 is 5.73 Å². The average molecular weight is 205 g/mol. The van der Waals surface area contributed by atoms with Gasteiger partial charge in [-0.1, -0.05) is 6.07 Å². The zero-order chi connectivity index (χ0) is 10.7. The van der Waals surface area contributed by atoms with Gasteiger partial charge in [0.2, 0.25) is 5.91 Å². The van der Waals surface area contributed by atoms with Crippen LogP contribution in [0.3, 0.4) is 0 Å². The fourth-order valence-corrected chi connectivity index (χ4v) is 1.93. The number of hydrogen-bond acceptors (Lipinski definition) is 3. The van der Waals surface area contributed by atoms with Crippen LogP contribution in [-0.2, 0) is 11.3 Å². The SMILES string of the molecule is NC(=O)C1CCN(Cc2ccccn2)C1. The molecule has 15 heavy (non-hydrogen) atoms. The van der Waals surface area contributed by atoms with Crippen LogP contribution in [0, 0.1) is 5.92 Å². The van der Waals surface area contributed by atoms with Crippen LogP contribution in [0.2, 0.25) is 0 Å². The second kappa shape index (κ2) is 4.40. The maximum absolute atomic E-state index is 11.0. The predicted molar refractivity (Wildman–Crippen MR) is 56.8 cm³/mol. The molecular weight excluding hydrogens is 190 g/mol. The van der Waals surface area contributed by atoms with Crippen LogP contribution in [0.1, 0.15) is 12.1 Å². The molecule has 1 aromatic rings. The lowest BCUT2D eigenvalue weighted by atomic mass is 10.1. The first kappa shape index (κ1) is 10.1. The van der Waals surface area contributed by atoms with Crippen LogP contribution in [-0.4, -0.2) is 28.9 Å². The third kappa shape index (κ3) is 2.53. The van der Waals surface area contributed by atoms with E-state index in [1.165, 1.54) is 0 Å². The second-order valence-corrected chi connectivity index (χ2v) is 3.94. The number of rotatable bonds is 3. The van der Waals surface area contributed by atoms with E-state index in [1.54, 1.807) is 6.20 Å². The Morgan fingerprint density at radius 3 is 3.07 bits per heavy atom. The molecule has 1 unspecified atom stereocenters. The van der Waals surface area contributed by atoms with Gasteiger partial charge in [-0.3, -0.25) is 14.7 Å². The molecule has 80 valence electrons. The van der Waals surface area contributed by atoms with Gasteiger partial charge in [0.05, 0.1) is 11.6 Å². The standard InChI is InChI=1S/C11H15N3O/c12-11(15)9-4-6-14(7-9)8-10-3-1-2-5-13-10/h1-3,5,9H,4,6-8H2,(H2,12,15). The normalized spacial score (nSPS) is 21.7. The summed E-state index contributed by atoms with van der Waals surface area (Å²) in [6, 6.07) is 5.88. The lowest BCUT2D eigenvalue weighted by Gasteiger charge is -2.14. The smallest absolute Gasteiger partial charge is 0.221 e. The lowest BCUT2D eigenvalue weighted by molar-refractivity contribution is -0.121. The maximum Gasteiger partial charge on any atom is 0.221 e. The number of carbonyl (C=O) groups excluding carboxylic acids is 1. The fraction of sp³-hybridized carbons (Fsp3) is 0.455. The highest BCUT2D eigenvalue weighted by Crippen LogP contribution is 2.17. The summed E-state index contributed by atoms with van der Waals surface area (Å²) in [6.45, 7) is 2.51. The van der Waals surface area contributed by atoms with Crippen molar-refractivity contribution in [2.45, 2.75) is 13.0 Å². The number of aromatic nitrogens is 1. The molecule has 4 heteroatoms. The Hall–Kier alpha value is -1.42. The topological polar surface area (TPSA) is 59.2 Å². The minimum atomic E-state index is -0.182. The van der Waals surface area contributed by atoms with Crippen molar-refractivity contribution in [2.75, 3.05) is 13.1 Å². The van der Waals surface area contributed by atoms with Crippen molar-refractivity contribution in [3.8, 4) is 0 Å². The Morgan fingerprint density at radius 2 is 2.47 bits per heavy atom. The highest BCUT2D eigenvalue weighted by Gasteiger charge is 2.26. The molecule has 0 spiro atoms. The van der Waals surface area contributed by atoms with Gasteiger partial charge in [-0.15, -0.1) is 0 Å². The summed E-state index contributed by atoms with van der Waals surface area (Å²) in [6.07, 6.45) is 2.67. The Bertz CT molecular complexity index is 339. The molecule has 1 amide bonds. The average Bonchev–Trinajstić information content (AvgIpc) is 2.68. The van der Waals surface area contributed by atoms with E-state index in [-0.39, 0.29) is 11.8 Å². The largest absolute Gasteiger partial charge is 0.369 e. The van der Waals surface area contributed by atoms with Crippen molar-refractivity contribution < 1.29 is 4.79 Å². The molecule has 1 aliphatic heterocycles. The van der Waals surface area contributed by atoms with Crippen molar-refractivity contribution in [2.24, 2.45) is 11.7 Å². The maximum atomic E-state index is 11.0. The van der Waals surface area contributed by atoms with Gasteiger partial charge in [0.1, 0.15) is 0 Å². The van der Waals surface area contributed by atoms with E-state index in [0.717, 1.165) is 31.7 Å². The molecule has 1 saturated heterocycles. The van der Waals surface area contributed by atoms with Gasteiger partial charge in [0, 0.05) is 19.3 Å². The predicted octanol–water partition coefficient (Wildman–Crippen LogP) is 0.389. The number of pyridine rings is 1. The molecule has 0 aliphatic carbocycles. The highest BCUT2D eigenvalue weighted by atomic mass is 16.1. The quantitative estimate of drug-likeness (QED) is 0.776. The van der Waals surface area contributed by atoms with Crippen LogP contribution in [0.25, 0.3) is 0 Å². The van der Waals surface area contributed by atoms with Gasteiger partial charge in [-0.25, -0.2) is 0 Å². The fourth-order valence-electron chi connectivity index (χ4n) is 1.93. The summed E-state index contributed by atoms with van der Waals surface area (Å²) in [5, 5.41) is 0. The van der Waals surface area contributed by atoms with Gasteiger partial charge in [-0.2, -0.15) is 0 Å². The molecule has 1 fully saturated rings. The minimum absolute atomic E-state index is 0.0220. The molecule has 1 aromatic heterocycles. The summed E-state index contributed by atoms with van der Waals surface area (Å²) in [4.78, 5) is 17.5. The number of carbonyl (C=O) groups is 1. The summed E-state index contributed by atoms with van der Waals surface area (Å²) >= 11 is 0. The number of hydrogen-bond donors (Lipinski definition) is 1. The first-order chi connectivity index (χ1) is 7.25. The van der Waals surface area contributed by atoms with Gasteiger partial charge >= 0.3 is 0 Å². The minimum Gasteiger partial charge on any atom is -0.369 e. The summed E-state index contributed by atoms with van der Waals surface area (Å²) < 4.78 is 0. The monoisotopic (exact) mass is 205 g/mol. The van der Waals surface area contributed by atoms with E-state index in [0.29, 0.717) is 0 Å². The number of primary amides is 1. The molecule has 0 bridgehead atoms. The van der Waals surface area contributed by atoms with E-state index in [1.807, 2.05) is 18.2 Å². The summed E-state index contributed by atoms with van der Waals surface area (Å²) in [7, 11) is 0. The van der Waals surface area contributed by atoms with Crippen LogP contribution in [0.4, 0.5) is 0 Å². The lowest BCUT2D eigenvalue weighted by Crippen LogP contribution is -2.27. The molecule has 4 nitrogen and oxygen atoms in total. The van der Waals surface area contributed by atoms with Crippen LogP contribution in [0.15, 0.2) is 24.4 Å². The Balaban J connectivity index is 1.90. The van der Waals surface area contributed by atoms with E-state index in [9.17, 15) is 4.79 Å². The van der Waals surface area contributed by atoms with Crippen molar-refractivity contribution >= 4 is 5.91 Å². The highest BCUT2D eigenvalue weighted by molar-refractivity contribution is 5.77. The molecule has 2 heterocycles. The molecule has 2 rings (SSSR count). The van der Waals surface area contributed by atoms with Crippen molar-refractivity contribution in [1.29, 1.82) is 0 Å².